The Morgan fingerprint density at radius 3 is 0.604 bits per heavy atom. The zero-order valence-electron chi connectivity index (χ0n) is 31.5. The van der Waals surface area contributed by atoms with Crippen molar-refractivity contribution in [2.45, 2.75) is 219 Å². The minimum atomic E-state index is -0.903. The number of unbranched alkanes of at least 4 members (excludes halogenated alkanes) is 28. The van der Waals surface area contributed by atoms with Gasteiger partial charge in [-0.1, -0.05) is 194 Å². The van der Waals surface area contributed by atoms with E-state index in [-0.39, 0.29) is 51.8 Å². The van der Waals surface area contributed by atoms with E-state index in [4.69, 9.17) is 19.8 Å². The molecule has 0 atom stereocenters. The van der Waals surface area contributed by atoms with Gasteiger partial charge in [0.05, 0.1) is 0 Å². The summed E-state index contributed by atoms with van der Waals surface area (Å²) in [6.45, 7) is 3.53. The fourth-order valence-electron chi connectivity index (χ4n) is 5.28. The molecular weight excluding hydrogens is 715 g/mol. The van der Waals surface area contributed by atoms with Crippen LogP contribution in [0.25, 0.3) is 0 Å². The molecule has 48 heavy (non-hydrogen) atoms. The van der Waals surface area contributed by atoms with Crippen LogP contribution in [-0.4, -0.2) is 24.9 Å². The Bertz CT molecular complexity index is 545. The van der Waals surface area contributed by atoms with Gasteiger partial charge in [-0.2, -0.15) is 0 Å². The molecule has 0 fully saturated rings. The van der Waals surface area contributed by atoms with Gasteiger partial charge in [0.2, 0.25) is 0 Å². The van der Waals surface area contributed by atoms with Crippen molar-refractivity contribution in [3.8, 4) is 0 Å². The first kappa shape index (κ1) is 59.3. The second kappa shape index (κ2) is 61.4. The van der Waals surface area contributed by atoms with E-state index in [1.807, 2.05) is 0 Å². The third-order valence-corrected chi connectivity index (χ3v) is 7.97. The molecule has 0 aliphatic carbocycles. The normalized spacial score (nSPS) is 9.54. The molecule has 0 aromatic rings. The van der Waals surface area contributed by atoms with Gasteiger partial charge >= 0.3 is 39.0 Å². The van der Waals surface area contributed by atoms with E-state index in [1.165, 1.54) is 167 Å². The van der Waals surface area contributed by atoms with Crippen LogP contribution in [0.1, 0.15) is 219 Å². The summed E-state index contributed by atoms with van der Waals surface area (Å²) in [5, 5.41) is 36.9. The van der Waals surface area contributed by atoms with E-state index >= 15 is 0 Å². The van der Waals surface area contributed by atoms with Crippen molar-refractivity contribution in [2.75, 3.05) is 0 Å². The fourth-order valence-corrected chi connectivity index (χ4v) is 5.28. The summed E-state index contributed by atoms with van der Waals surface area (Å²) in [5.41, 5.74) is 0. The maximum absolute atomic E-state index is 10.2. The predicted octanol–water partition coefficient (Wildman–Crippen LogP) is 6.72. The first-order chi connectivity index (χ1) is 22.4. The Labute approximate surface area is 321 Å². The zero-order valence-corrected chi connectivity index (χ0v) is 37.4. The van der Waals surface area contributed by atoms with Crippen molar-refractivity contribution in [3.05, 3.63) is 0 Å². The Hall–Kier alpha value is -0.873. The average molecular weight is 788 g/mol. The molecular formula is C38H72O8Zn2. The van der Waals surface area contributed by atoms with Crippen molar-refractivity contribution in [1.82, 2.24) is 0 Å². The summed E-state index contributed by atoms with van der Waals surface area (Å²) in [7, 11) is 0. The molecule has 0 saturated carbocycles. The first-order valence-corrected chi connectivity index (χ1v) is 18.9. The van der Waals surface area contributed by atoms with E-state index in [9.17, 15) is 19.8 Å². The molecule has 0 radical (unpaired) electrons. The van der Waals surface area contributed by atoms with Gasteiger partial charge in [-0.15, -0.1) is 0 Å². The Kier molecular flexibility index (Phi) is 75.8. The monoisotopic (exact) mass is 784 g/mol. The third-order valence-electron chi connectivity index (χ3n) is 7.97. The van der Waals surface area contributed by atoms with Crippen LogP contribution in [0.4, 0.5) is 0 Å². The molecule has 8 nitrogen and oxygen atoms in total. The summed E-state index contributed by atoms with van der Waals surface area (Å²) in [6, 6.07) is 0. The standard InChI is InChI=1S/2C18H36O2.2CH2O2.2Zn/c2*1-2-3-4-5-6-7-8-9-10-11-12-13-14-15-16-17-18(19)20;2*2-1-3;;/h2*2-17H2,1H3,(H,19,20);2*1H,(H,2,3);;/q;;;;2*+2/p-4. The molecule has 0 aromatic carbocycles. The summed E-state index contributed by atoms with van der Waals surface area (Å²) < 4.78 is 0. The van der Waals surface area contributed by atoms with E-state index in [0.717, 1.165) is 25.7 Å². The van der Waals surface area contributed by atoms with Crippen LogP contribution in [0.15, 0.2) is 0 Å². The predicted molar refractivity (Wildman–Crippen MR) is 181 cm³/mol. The van der Waals surface area contributed by atoms with Gasteiger partial charge in [-0.25, -0.2) is 0 Å². The summed E-state index contributed by atoms with van der Waals surface area (Å²) in [4.78, 5) is 36.9. The maximum atomic E-state index is 10.2. The number of aliphatic carboxylic acids is 2. The van der Waals surface area contributed by atoms with Gasteiger partial charge in [0.25, 0.3) is 0 Å². The van der Waals surface area contributed by atoms with Crippen molar-refractivity contribution >= 4 is 24.9 Å². The van der Waals surface area contributed by atoms with E-state index in [2.05, 4.69) is 13.8 Å². The van der Waals surface area contributed by atoms with E-state index in [1.54, 1.807) is 0 Å². The summed E-state index contributed by atoms with van der Waals surface area (Å²) >= 11 is 0. The molecule has 0 heterocycles. The number of hydrogen-bond donors (Lipinski definition) is 0. The minimum Gasteiger partial charge on any atom is -0.554 e. The molecule has 0 aromatic heterocycles. The molecule has 0 rings (SSSR count). The average Bonchev–Trinajstić information content (AvgIpc) is 3.02. The molecule has 0 spiro atoms. The molecule has 0 N–H and O–H groups in total. The minimum absolute atomic E-state index is 0. The van der Waals surface area contributed by atoms with Crippen LogP contribution in [0.5, 0.6) is 0 Å². The molecule has 0 unspecified atom stereocenters. The third kappa shape index (κ3) is 80.1. The Balaban J connectivity index is -0.000000152. The van der Waals surface area contributed by atoms with Gasteiger partial charge in [0.15, 0.2) is 0 Å². The van der Waals surface area contributed by atoms with Crippen LogP contribution in [0.2, 0.25) is 0 Å². The van der Waals surface area contributed by atoms with Gasteiger partial charge in [-0.05, 0) is 25.7 Å². The fraction of sp³-hybridized carbons (Fsp3) is 0.895. The second-order valence-electron chi connectivity index (χ2n) is 12.3. The Morgan fingerprint density at radius 2 is 0.479 bits per heavy atom. The van der Waals surface area contributed by atoms with Gasteiger partial charge < -0.3 is 39.6 Å². The number of hydrogen-bond acceptors (Lipinski definition) is 8. The second-order valence-corrected chi connectivity index (χ2v) is 12.3. The molecule has 10 heteroatoms. The largest absolute Gasteiger partial charge is 2.00 e. The van der Waals surface area contributed by atoms with Crippen LogP contribution in [-0.2, 0) is 58.1 Å². The smallest absolute Gasteiger partial charge is 0.554 e. The molecule has 0 bridgehead atoms. The quantitative estimate of drug-likeness (QED) is 0.0413. The molecule has 0 aliphatic heterocycles. The van der Waals surface area contributed by atoms with Crippen molar-refractivity contribution in [1.29, 1.82) is 0 Å². The molecule has 0 amide bonds. The van der Waals surface area contributed by atoms with Crippen LogP contribution >= 0.6 is 0 Å². The van der Waals surface area contributed by atoms with Crippen LogP contribution < -0.4 is 20.4 Å². The van der Waals surface area contributed by atoms with Crippen molar-refractivity contribution in [2.24, 2.45) is 0 Å². The van der Waals surface area contributed by atoms with Gasteiger partial charge in [-0.3, -0.25) is 0 Å². The van der Waals surface area contributed by atoms with Crippen molar-refractivity contribution < 1.29 is 78.6 Å². The van der Waals surface area contributed by atoms with Gasteiger partial charge in [0.1, 0.15) is 0 Å². The molecule has 0 aliphatic rings. The summed E-state index contributed by atoms with van der Waals surface area (Å²) in [6.07, 6.45) is 39.7. The zero-order chi connectivity index (χ0) is 35.2. The summed E-state index contributed by atoms with van der Waals surface area (Å²) in [5.74, 6) is -1.81. The van der Waals surface area contributed by atoms with E-state index in [0.29, 0.717) is 0 Å². The number of carboxylic acids is 2. The maximum Gasteiger partial charge on any atom is 2.00 e. The number of carboxylic acid groups (broad SMARTS) is 4. The molecule has 276 valence electrons. The van der Waals surface area contributed by atoms with Crippen molar-refractivity contribution in [3.63, 3.8) is 0 Å². The first-order valence-electron chi connectivity index (χ1n) is 18.9. The number of carbonyl (C=O) groups is 4. The Morgan fingerprint density at radius 1 is 0.354 bits per heavy atom. The SMILES string of the molecule is CCCCCCCCCCCCCCCCCC(=O)[O-].CCCCCCCCCCCCCCCCCC(=O)[O-].O=C[O-].O=C[O-].[Zn+2].[Zn+2]. The van der Waals surface area contributed by atoms with Crippen LogP contribution in [0, 0.1) is 0 Å². The van der Waals surface area contributed by atoms with Gasteiger partial charge in [0, 0.05) is 24.9 Å². The number of carbonyl (C=O) groups excluding carboxylic acids is 4. The molecule has 0 saturated heterocycles. The number of rotatable bonds is 32. The van der Waals surface area contributed by atoms with Crippen LogP contribution in [0.3, 0.4) is 0 Å². The van der Waals surface area contributed by atoms with E-state index < -0.39 is 24.9 Å². The topological polar surface area (TPSA) is 161 Å².